The summed E-state index contributed by atoms with van der Waals surface area (Å²) in [7, 11) is -3.80. The van der Waals surface area contributed by atoms with E-state index < -0.39 is 21.8 Å². The summed E-state index contributed by atoms with van der Waals surface area (Å²) in [4.78, 5) is -0.0746. The SMILES string of the molecule is NS(=O)(=O)c1ccc(NN=Cc2ccccc2C(F)(F)F)cc1. The molecule has 122 valence electrons. The fraction of sp³-hybridized carbons (Fsp3) is 0.0714. The molecule has 0 heterocycles. The van der Waals surface area contributed by atoms with E-state index in [0.29, 0.717) is 5.69 Å². The highest BCUT2D eigenvalue weighted by molar-refractivity contribution is 7.89. The first kappa shape index (κ1) is 17.0. The fourth-order valence-corrected chi connectivity index (χ4v) is 2.28. The van der Waals surface area contributed by atoms with Crippen molar-refractivity contribution in [3.63, 3.8) is 0 Å². The average Bonchev–Trinajstić information content (AvgIpc) is 2.46. The quantitative estimate of drug-likeness (QED) is 0.661. The maximum absolute atomic E-state index is 12.8. The number of sulfonamides is 1. The van der Waals surface area contributed by atoms with E-state index in [4.69, 9.17) is 5.14 Å². The minimum absolute atomic E-state index is 0.0746. The second-order valence-corrected chi connectivity index (χ2v) is 6.09. The molecule has 0 aliphatic heterocycles. The molecular weight excluding hydrogens is 331 g/mol. The molecule has 2 aromatic carbocycles. The molecule has 23 heavy (non-hydrogen) atoms. The summed E-state index contributed by atoms with van der Waals surface area (Å²) in [5.41, 5.74) is 2.03. The maximum Gasteiger partial charge on any atom is 0.417 e. The lowest BCUT2D eigenvalue weighted by Crippen LogP contribution is -2.11. The lowest BCUT2D eigenvalue weighted by molar-refractivity contribution is -0.137. The molecule has 2 aromatic rings. The molecule has 2 rings (SSSR count). The number of primary sulfonamides is 1. The van der Waals surface area contributed by atoms with Crippen molar-refractivity contribution in [1.29, 1.82) is 0 Å². The van der Waals surface area contributed by atoms with Crippen LogP contribution in [0.25, 0.3) is 0 Å². The van der Waals surface area contributed by atoms with Crippen LogP contribution in [0.4, 0.5) is 18.9 Å². The van der Waals surface area contributed by atoms with Crippen molar-refractivity contribution in [3.8, 4) is 0 Å². The van der Waals surface area contributed by atoms with Crippen LogP contribution >= 0.6 is 0 Å². The summed E-state index contributed by atoms with van der Waals surface area (Å²) < 4.78 is 60.6. The number of halogens is 3. The van der Waals surface area contributed by atoms with Gasteiger partial charge in [-0.2, -0.15) is 18.3 Å². The van der Waals surface area contributed by atoms with Gasteiger partial charge in [0.2, 0.25) is 10.0 Å². The van der Waals surface area contributed by atoms with Crippen molar-refractivity contribution in [2.24, 2.45) is 10.2 Å². The van der Waals surface area contributed by atoms with Gasteiger partial charge in [0, 0.05) is 5.56 Å². The lowest BCUT2D eigenvalue weighted by atomic mass is 10.1. The Balaban J connectivity index is 2.14. The third-order valence-electron chi connectivity index (χ3n) is 2.85. The van der Waals surface area contributed by atoms with E-state index in [2.05, 4.69) is 10.5 Å². The Labute approximate surface area is 130 Å². The first-order chi connectivity index (χ1) is 10.7. The summed E-state index contributed by atoms with van der Waals surface area (Å²) in [6.45, 7) is 0. The predicted molar refractivity (Wildman–Crippen MR) is 80.5 cm³/mol. The lowest BCUT2D eigenvalue weighted by Gasteiger charge is -2.09. The standard InChI is InChI=1S/C14H12F3N3O2S/c15-14(16,17)13-4-2-1-3-10(13)9-19-20-11-5-7-12(8-6-11)23(18,21)22/h1-9,20H,(H2,18,21,22). The summed E-state index contributed by atoms with van der Waals surface area (Å²) in [5, 5.41) is 8.68. The van der Waals surface area contributed by atoms with Crippen molar-refractivity contribution >= 4 is 21.9 Å². The van der Waals surface area contributed by atoms with Crippen molar-refractivity contribution in [2.75, 3.05) is 5.43 Å². The van der Waals surface area contributed by atoms with Crippen LogP contribution in [0.3, 0.4) is 0 Å². The van der Waals surface area contributed by atoms with E-state index in [1.807, 2.05) is 0 Å². The smallest absolute Gasteiger partial charge is 0.279 e. The zero-order valence-electron chi connectivity index (χ0n) is 11.6. The van der Waals surface area contributed by atoms with Gasteiger partial charge in [-0.25, -0.2) is 13.6 Å². The predicted octanol–water partition coefficient (Wildman–Crippen LogP) is 2.80. The van der Waals surface area contributed by atoms with E-state index in [0.717, 1.165) is 12.3 Å². The van der Waals surface area contributed by atoms with E-state index in [-0.39, 0.29) is 10.5 Å². The highest BCUT2D eigenvalue weighted by atomic mass is 32.2. The topological polar surface area (TPSA) is 84.5 Å². The number of rotatable bonds is 4. The Morgan fingerprint density at radius 3 is 2.22 bits per heavy atom. The molecular formula is C14H12F3N3O2S. The maximum atomic E-state index is 12.8. The van der Waals surface area contributed by atoms with Gasteiger partial charge >= 0.3 is 6.18 Å². The Morgan fingerprint density at radius 1 is 1.04 bits per heavy atom. The number of benzene rings is 2. The molecule has 0 bridgehead atoms. The van der Waals surface area contributed by atoms with Gasteiger partial charge in [0.25, 0.3) is 0 Å². The van der Waals surface area contributed by atoms with Crippen LogP contribution in [-0.2, 0) is 16.2 Å². The average molecular weight is 343 g/mol. The third-order valence-corrected chi connectivity index (χ3v) is 3.78. The van der Waals surface area contributed by atoms with Gasteiger partial charge in [-0.15, -0.1) is 0 Å². The first-order valence-electron chi connectivity index (χ1n) is 6.26. The molecule has 9 heteroatoms. The summed E-state index contributed by atoms with van der Waals surface area (Å²) >= 11 is 0. The third kappa shape index (κ3) is 4.54. The number of hydrogen-bond donors (Lipinski definition) is 2. The molecule has 0 atom stereocenters. The minimum Gasteiger partial charge on any atom is -0.279 e. The molecule has 0 spiro atoms. The van der Waals surface area contributed by atoms with Crippen LogP contribution in [0.5, 0.6) is 0 Å². The van der Waals surface area contributed by atoms with Gasteiger partial charge in [-0.05, 0) is 30.3 Å². The van der Waals surface area contributed by atoms with E-state index >= 15 is 0 Å². The highest BCUT2D eigenvalue weighted by Crippen LogP contribution is 2.31. The van der Waals surface area contributed by atoms with Crippen molar-refractivity contribution in [2.45, 2.75) is 11.1 Å². The molecule has 0 fully saturated rings. The number of anilines is 1. The molecule has 0 aromatic heterocycles. The van der Waals surface area contributed by atoms with Crippen LogP contribution in [0.1, 0.15) is 11.1 Å². The van der Waals surface area contributed by atoms with E-state index in [9.17, 15) is 21.6 Å². The molecule has 0 unspecified atom stereocenters. The molecule has 0 amide bonds. The van der Waals surface area contributed by atoms with Gasteiger partial charge in [-0.3, -0.25) is 5.43 Å². The number of hydrogen-bond acceptors (Lipinski definition) is 4. The second kappa shape index (κ2) is 6.39. The van der Waals surface area contributed by atoms with Gasteiger partial charge in [0.05, 0.1) is 22.4 Å². The Hall–Kier alpha value is -2.39. The van der Waals surface area contributed by atoms with Gasteiger partial charge in [0.15, 0.2) is 0 Å². The van der Waals surface area contributed by atoms with E-state index in [1.54, 1.807) is 0 Å². The Kier molecular flexibility index (Phi) is 4.71. The monoisotopic (exact) mass is 343 g/mol. The largest absolute Gasteiger partial charge is 0.417 e. The number of nitrogens with two attached hydrogens (primary N) is 1. The number of alkyl halides is 3. The molecule has 0 aliphatic rings. The van der Waals surface area contributed by atoms with Crippen LogP contribution < -0.4 is 10.6 Å². The minimum atomic E-state index is -4.47. The van der Waals surface area contributed by atoms with E-state index in [1.165, 1.54) is 42.5 Å². The van der Waals surface area contributed by atoms with Crippen LogP contribution in [-0.4, -0.2) is 14.6 Å². The Bertz CT molecular complexity index is 816. The van der Waals surface area contributed by atoms with Crippen LogP contribution in [0.2, 0.25) is 0 Å². The van der Waals surface area contributed by atoms with Gasteiger partial charge < -0.3 is 0 Å². The number of hydrazone groups is 1. The molecule has 0 saturated carbocycles. The van der Waals surface area contributed by atoms with Crippen molar-refractivity contribution in [3.05, 3.63) is 59.7 Å². The van der Waals surface area contributed by atoms with Crippen molar-refractivity contribution < 1.29 is 21.6 Å². The number of nitrogens with one attached hydrogen (secondary N) is 1. The molecule has 0 saturated heterocycles. The van der Waals surface area contributed by atoms with Gasteiger partial charge in [0.1, 0.15) is 0 Å². The molecule has 0 radical (unpaired) electrons. The first-order valence-corrected chi connectivity index (χ1v) is 7.81. The Morgan fingerprint density at radius 2 is 1.65 bits per heavy atom. The molecule has 3 N–H and O–H groups in total. The summed E-state index contributed by atoms with van der Waals surface area (Å²) in [6, 6.07) is 10.3. The van der Waals surface area contributed by atoms with Crippen molar-refractivity contribution in [1.82, 2.24) is 0 Å². The highest BCUT2D eigenvalue weighted by Gasteiger charge is 2.32. The normalized spacial score (nSPS) is 12.5. The zero-order valence-corrected chi connectivity index (χ0v) is 12.4. The molecule has 0 aliphatic carbocycles. The van der Waals surface area contributed by atoms with Crippen LogP contribution in [0, 0.1) is 0 Å². The fourth-order valence-electron chi connectivity index (χ4n) is 1.76. The summed E-state index contributed by atoms with van der Waals surface area (Å²) in [5.74, 6) is 0. The zero-order chi connectivity index (χ0) is 17.1. The summed E-state index contributed by atoms with van der Waals surface area (Å²) in [6.07, 6.45) is -3.43. The van der Waals surface area contributed by atoms with Gasteiger partial charge in [-0.1, -0.05) is 18.2 Å². The second-order valence-electron chi connectivity index (χ2n) is 4.52. The molecule has 5 nitrogen and oxygen atoms in total. The van der Waals surface area contributed by atoms with Crippen LogP contribution in [0.15, 0.2) is 58.5 Å². The number of nitrogens with zero attached hydrogens (tertiary/aromatic N) is 1.